The van der Waals surface area contributed by atoms with E-state index in [1.807, 2.05) is 20.8 Å². The van der Waals surface area contributed by atoms with Crippen LogP contribution in [0.4, 0.5) is 11.4 Å². The van der Waals surface area contributed by atoms with Gasteiger partial charge in [-0.05, 0) is 40.6 Å². The fourth-order valence-electron chi connectivity index (χ4n) is 4.43. The van der Waals surface area contributed by atoms with Crippen LogP contribution in [-0.4, -0.2) is 86.8 Å². The molecule has 0 saturated heterocycles. The zero-order valence-electron chi connectivity index (χ0n) is 25.0. The normalized spacial score (nSPS) is 11.7. The lowest BCUT2D eigenvalue weighted by Crippen LogP contribution is -2.37. The van der Waals surface area contributed by atoms with E-state index >= 15 is 0 Å². The second kappa shape index (κ2) is 13.7. The molecule has 0 spiro atoms. The smallest absolute Gasteiger partial charge is 0.317 e. The van der Waals surface area contributed by atoms with Gasteiger partial charge in [0.1, 0.15) is 12.4 Å². The number of amides is 1. The van der Waals surface area contributed by atoms with Crippen molar-refractivity contribution < 1.29 is 47.3 Å². The fourth-order valence-corrected chi connectivity index (χ4v) is 4.98. The van der Waals surface area contributed by atoms with Crippen molar-refractivity contribution in [2.45, 2.75) is 26.2 Å². The molecule has 13 nitrogen and oxygen atoms in total. The highest BCUT2D eigenvalue weighted by Crippen LogP contribution is 2.39. The third kappa shape index (κ3) is 8.91. The first kappa shape index (κ1) is 33.8. The first-order valence-electron chi connectivity index (χ1n) is 13.4. The average Bonchev–Trinajstić information content (AvgIpc) is 2.90. The van der Waals surface area contributed by atoms with E-state index < -0.39 is 52.2 Å². The maximum Gasteiger partial charge on any atom is 0.317 e. The summed E-state index contributed by atoms with van der Waals surface area (Å²) in [5, 5.41) is 21.6. The SMILES string of the molecule is COc1c(NC(=O)C(=O)c2ccc(OCCN(CC(=O)O)CC(=O)O)c3ccccc23)cc(C(C)(C)C)cc1NS(C)(=O)=O. The molecule has 0 atom stereocenters. The Hall–Kier alpha value is -4.69. The number of fused-ring (bicyclic) bond motifs is 1. The van der Waals surface area contributed by atoms with Crippen LogP contribution in [0.5, 0.6) is 11.5 Å². The predicted molar refractivity (Wildman–Crippen MR) is 164 cm³/mol. The standard InChI is InChI=1S/C30H35N3O10S/c1-30(2,3)18-14-22(28(42-4)23(15-18)32-44(5,40)41)31-29(39)27(38)21-10-11-24(20-9-7-6-8-19(20)21)43-13-12-33(16-25(34)35)17-26(36)37/h6-11,14-15,32H,12-13,16-17H2,1-5H3,(H,31,39)(H,34,35)(H,36,37). The Morgan fingerprint density at radius 2 is 1.50 bits per heavy atom. The molecule has 0 fully saturated rings. The Morgan fingerprint density at radius 3 is 2.05 bits per heavy atom. The third-order valence-electron chi connectivity index (χ3n) is 6.42. The summed E-state index contributed by atoms with van der Waals surface area (Å²) in [7, 11) is -2.39. The fraction of sp³-hybridized carbons (Fsp3) is 0.333. The van der Waals surface area contributed by atoms with Crippen LogP contribution in [0.3, 0.4) is 0 Å². The van der Waals surface area contributed by atoms with E-state index in [9.17, 15) is 27.6 Å². The molecule has 0 bridgehead atoms. The monoisotopic (exact) mass is 629 g/mol. The number of ketones is 1. The quantitative estimate of drug-likeness (QED) is 0.151. The number of benzene rings is 3. The molecule has 4 N–H and O–H groups in total. The van der Waals surface area contributed by atoms with E-state index in [-0.39, 0.29) is 35.8 Å². The summed E-state index contributed by atoms with van der Waals surface area (Å²) in [6, 6.07) is 12.9. The Kier molecular flexibility index (Phi) is 10.6. The lowest BCUT2D eigenvalue weighted by molar-refractivity contribution is -0.141. The summed E-state index contributed by atoms with van der Waals surface area (Å²) >= 11 is 0. The molecule has 0 aromatic heterocycles. The summed E-state index contributed by atoms with van der Waals surface area (Å²) in [6.45, 7) is 4.74. The van der Waals surface area contributed by atoms with Gasteiger partial charge in [-0.2, -0.15) is 0 Å². The molecule has 0 saturated carbocycles. The van der Waals surface area contributed by atoms with Gasteiger partial charge >= 0.3 is 11.9 Å². The molecule has 3 aromatic rings. The number of nitrogens with one attached hydrogen (secondary N) is 2. The predicted octanol–water partition coefficient (Wildman–Crippen LogP) is 3.19. The van der Waals surface area contributed by atoms with Crippen LogP contribution in [0.15, 0.2) is 48.5 Å². The maximum atomic E-state index is 13.5. The Morgan fingerprint density at radius 1 is 0.909 bits per heavy atom. The number of carbonyl (C=O) groups excluding carboxylic acids is 2. The number of anilines is 2. The first-order valence-corrected chi connectivity index (χ1v) is 15.3. The van der Waals surface area contributed by atoms with Crippen molar-refractivity contribution in [1.29, 1.82) is 0 Å². The number of hydrogen-bond acceptors (Lipinski definition) is 9. The van der Waals surface area contributed by atoms with Gasteiger partial charge in [0, 0.05) is 17.5 Å². The lowest BCUT2D eigenvalue weighted by Gasteiger charge is -2.24. The van der Waals surface area contributed by atoms with Crippen molar-refractivity contribution in [3.8, 4) is 11.5 Å². The minimum absolute atomic E-state index is 0.0155. The van der Waals surface area contributed by atoms with E-state index in [0.717, 1.165) is 6.26 Å². The van der Waals surface area contributed by atoms with Gasteiger partial charge in [0.15, 0.2) is 5.75 Å². The molecule has 3 rings (SSSR count). The number of methoxy groups -OCH3 is 1. The molecular formula is C30H35N3O10S. The second-order valence-electron chi connectivity index (χ2n) is 11.0. The van der Waals surface area contributed by atoms with E-state index in [4.69, 9.17) is 19.7 Å². The highest BCUT2D eigenvalue weighted by atomic mass is 32.2. The van der Waals surface area contributed by atoms with E-state index in [2.05, 4.69) is 10.0 Å². The van der Waals surface area contributed by atoms with Crippen molar-refractivity contribution in [1.82, 2.24) is 4.90 Å². The van der Waals surface area contributed by atoms with E-state index in [0.29, 0.717) is 22.1 Å². The van der Waals surface area contributed by atoms with Gasteiger partial charge in [-0.25, -0.2) is 8.42 Å². The molecule has 1 amide bonds. The molecule has 0 radical (unpaired) electrons. The van der Waals surface area contributed by atoms with Gasteiger partial charge in [-0.1, -0.05) is 45.0 Å². The summed E-state index contributed by atoms with van der Waals surface area (Å²) in [6.07, 6.45) is 0.985. The van der Waals surface area contributed by atoms with Crippen LogP contribution < -0.4 is 19.5 Å². The molecule has 236 valence electrons. The van der Waals surface area contributed by atoms with Gasteiger partial charge in [0.05, 0.1) is 37.8 Å². The summed E-state index contributed by atoms with van der Waals surface area (Å²) in [5.41, 5.74) is 0.491. The molecule has 0 aliphatic heterocycles. The van der Waals surface area contributed by atoms with Gasteiger partial charge in [0.25, 0.3) is 11.7 Å². The van der Waals surface area contributed by atoms with E-state index in [1.165, 1.54) is 24.1 Å². The third-order valence-corrected chi connectivity index (χ3v) is 7.01. The molecule has 0 aliphatic carbocycles. The number of carboxylic acids is 2. The Labute approximate surface area is 254 Å². The van der Waals surface area contributed by atoms with Crippen LogP contribution in [0.25, 0.3) is 10.8 Å². The summed E-state index contributed by atoms with van der Waals surface area (Å²) in [4.78, 5) is 50.1. The molecule has 14 heteroatoms. The van der Waals surface area contributed by atoms with Gasteiger partial charge in [0.2, 0.25) is 10.0 Å². The highest BCUT2D eigenvalue weighted by Gasteiger charge is 2.25. The van der Waals surface area contributed by atoms with Crippen LogP contribution in [0, 0.1) is 0 Å². The van der Waals surface area contributed by atoms with Crippen molar-refractivity contribution in [3.05, 3.63) is 59.7 Å². The number of ether oxygens (including phenoxy) is 2. The lowest BCUT2D eigenvalue weighted by atomic mass is 9.86. The highest BCUT2D eigenvalue weighted by molar-refractivity contribution is 7.92. The summed E-state index contributed by atoms with van der Waals surface area (Å²) < 4.78 is 37.7. The topological polar surface area (TPSA) is 189 Å². The zero-order chi connectivity index (χ0) is 32.8. The second-order valence-corrected chi connectivity index (χ2v) is 12.8. The van der Waals surface area contributed by atoms with Crippen LogP contribution >= 0.6 is 0 Å². The van der Waals surface area contributed by atoms with Crippen molar-refractivity contribution in [2.75, 3.05) is 49.6 Å². The van der Waals surface area contributed by atoms with Gasteiger partial charge < -0.3 is 25.0 Å². The molecule has 44 heavy (non-hydrogen) atoms. The summed E-state index contributed by atoms with van der Waals surface area (Å²) in [5.74, 6) is -3.84. The van der Waals surface area contributed by atoms with Crippen LogP contribution in [-0.2, 0) is 29.8 Å². The number of carboxylic acid groups (broad SMARTS) is 2. The number of aliphatic carboxylic acids is 2. The van der Waals surface area contributed by atoms with Crippen LogP contribution in [0.1, 0.15) is 36.7 Å². The Bertz CT molecular complexity index is 1680. The van der Waals surface area contributed by atoms with Gasteiger partial charge in [-0.15, -0.1) is 0 Å². The maximum absolute atomic E-state index is 13.5. The zero-order valence-corrected chi connectivity index (χ0v) is 25.8. The Balaban J connectivity index is 1.91. The minimum Gasteiger partial charge on any atom is -0.492 e. The molecular weight excluding hydrogens is 594 g/mol. The minimum atomic E-state index is -3.70. The van der Waals surface area contributed by atoms with Crippen LogP contribution in [0.2, 0.25) is 0 Å². The largest absolute Gasteiger partial charge is 0.492 e. The number of nitrogens with zero attached hydrogens (tertiary/aromatic N) is 1. The first-order chi connectivity index (χ1) is 20.5. The average molecular weight is 630 g/mol. The number of rotatable bonds is 14. The van der Waals surface area contributed by atoms with E-state index in [1.54, 1.807) is 36.4 Å². The van der Waals surface area contributed by atoms with Crippen molar-refractivity contribution in [3.63, 3.8) is 0 Å². The number of sulfonamides is 1. The number of carbonyl (C=O) groups is 4. The number of hydrogen-bond donors (Lipinski definition) is 4. The molecule has 0 heterocycles. The molecule has 0 aliphatic rings. The molecule has 3 aromatic carbocycles. The van der Waals surface area contributed by atoms with Gasteiger partial charge in [-0.3, -0.25) is 28.8 Å². The number of Topliss-reactive ketones (excluding diaryl/α,β-unsaturated/α-hetero) is 1. The van der Waals surface area contributed by atoms with Crippen molar-refractivity contribution >= 4 is 55.8 Å². The van der Waals surface area contributed by atoms with Crippen molar-refractivity contribution in [2.24, 2.45) is 0 Å². The molecule has 0 unspecified atom stereocenters.